The Labute approximate surface area is 238 Å². The fourth-order valence-electron chi connectivity index (χ4n) is 6.87. The first-order valence-electron chi connectivity index (χ1n) is 14.2. The minimum absolute atomic E-state index is 0.0543. The summed E-state index contributed by atoms with van der Waals surface area (Å²) in [4.78, 5) is 17.6. The van der Waals surface area contributed by atoms with Gasteiger partial charge in [0, 0.05) is 53.0 Å². The van der Waals surface area contributed by atoms with Gasteiger partial charge in [-0.15, -0.1) is 0 Å². The van der Waals surface area contributed by atoms with E-state index in [0.29, 0.717) is 5.58 Å². The maximum absolute atomic E-state index is 12.8. The largest absolute Gasteiger partial charge is 0.423 e. The molecular formula is C36H29N3O2. The van der Waals surface area contributed by atoms with E-state index < -0.39 is 0 Å². The van der Waals surface area contributed by atoms with E-state index in [4.69, 9.17) is 4.42 Å². The zero-order valence-electron chi connectivity index (χ0n) is 22.8. The summed E-state index contributed by atoms with van der Waals surface area (Å²) in [6.45, 7) is 3.31. The van der Waals surface area contributed by atoms with Crippen molar-refractivity contribution in [3.8, 4) is 16.8 Å². The molecule has 5 nitrogen and oxygen atoms in total. The zero-order chi connectivity index (χ0) is 27.6. The van der Waals surface area contributed by atoms with Crippen molar-refractivity contribution in [2.75, 3.05) is 16.3 Å². The van der Waals surface area contributed by atoms with Gasteiger partial charge in [-0.1, -0.05) is 48.5 Å². The smallest absolute Gasteiger partial charge is 0.336 e. The summed E-state index contributed by atoms with van der Waals surface area (Å²) < 4.78 is 8.13. The minimum Gasteiger partial charge on any atom is -0.423 e. The monoisotopic (exact) mass is 535 g/mol. The lowest BCUT2D eigenvalue weighted by molar-refractivity contribution is 0.457. The molecule has 0 amide bonds. The van der Waals surface area contributed by atoms with Crippen LogP contribution in [0.5, 0.6) is 0 Å². The van der Waals surface area contributed by atoms with Gasteiger partial charge in [-0.3, -0.25) is 0 Å². The molecule has 0 bridgehead atoms. The van der Waals surface area contributed by atoms with E-state index in [-0.39, 0.29) is 11.2 Å². The normalized spacial score (nSPS) is 17.2. The van der Waals surface area contributed by atoms with Gasteiger partial charge >= 0.3 is 5.63 Å². The van der Waals surface area contributed by atoms with Crippen molar-refractivity contribution < 1.29 is 4.42 Å². The summed E-state index contributed by atoms with van der Waals surface area (Å²) in [5.74, 6) is 0. The van der Waals surface area contributed by atoms with Crippen molar-refractivity contribution >= 4 is 33.7 Å². The second kappa shape index (κ2) is 9.00. The third kappa shape index (κ3) is 3.66. The molecule has 0 aliphatic carbocycles. The molecule has 4 aromatic carbocycles. The van der Waals surface area contributed by atoms with Gasteiger partial charge in [-0.2, -0.15) is 0 Å². The van der Waals surface area contributed by atoms with Crippen LogP contribution in [0.2, 0.25) is 0 Å². The van der Waals surface area contributed by atoms with Gasteiger partial charge in [0.1, 0.15) is 5.58 Å². The van der Waals surface area contributed by atoms with Gasteiger partial charge < -0.3 is 18.8 Å². The van der Waals surface area contributed by atoms with Crippen molar-refractivity contribution in [1.29, 1.82) is 0 Å². The van der Waals surface area contributed by atoms with Gasteiger partial charge in [-0.25, -0.2) is 4.79 Å². The predicted octanol–water partition coefficient (Wildman–Crippen LogP) is 8.55. The number of aromatic nitrogens is 1. The molecule has 4 heterocycles. The molecule has 0 saturated carbocycles. The first-order valence-corrected chi connectivity index (χ1v) is 14.2. The molecule has 41 heavy (non-hydrogen) atoms. The average Bonchev–Trinajstić information content (AvgIpc) is 3.66. The fraction of sp³-hybridized carbons (Fsp3) is 0.139. The number of benzene rings is 4. The summed E-state index contributed by atoms with van der Waals surface area (Å²) in [7, 11) is 0. The molecule has 1 fully saturated rings. The topological polar surface area (TPSA) is 41.6 Å². The zero-order valence-corrected chi connectivity index (χ0v) is 22.8. The Balaban J connectivity index is 1.27. The number of hydrogen-bond acceptors (Lipinski definition) is 4. The Bertz CT molecular complexity index is 1920. The molecule has 6 aromatic rings. The summed E-state index contributed by atoms with van der Waals surface area (Å²) in [6, 6.07) is 39.4. The van der Waals surface area contributed by atoms with Gasteiger partial charge in [0.25, 0.3) is 0 Å². The first kappa shape index (κ1) is 23.8. The minimum atomic E-state index is -0.339. The van der Waals surface area contributed by atoms with Crippen molar-refractivity contribution in [1.82, 2.24) is 4.57 Å². The van der Waals surface area contributed by atoms with Crippen LogP contribution in [-0.4, -0.2) is 11.1 Å². The van der Waals surface area contributed by atoms with Crippen LogP contribution in [0.15, 0.2) is 131 Å². The Hall–Kier alpha value is -5.03. The predicted molar refractivity (Wildman–Crippen MR) is 166 cm³/mol. The van der Waals surface area contributed by atoms with E-state index in [2.05, 4.69) is 125 Å². The van der Waals surface area contributed by atoms with Crippen molar-refractivity contribution in [2.45, 2.75) is 25.3 Å². The van der Waals surface area contributed by atoms with E-state index in [1.807, 2.05) is 12.1 Å². The van der Waals surface area contributed by atoms with Crippen LogP contribution >= 0.6 is 0 Å². The SMILES string of the molecule is CC12CCCN1c1cc3oc(=O)cc(-c4ccc(N(c5ccccc5)c5ccccc5)cc4)c3cc1-n1cccc12. The first-order chi connectivity index (χ1) is 20.1. The van der Waals surface area contributed by atoms with E-state index in [9.17, 15) is 4.79 Å². The Morgan fingerprint density at radius 3 is 2.15 bits per heavy atom. The van der Waals surface area contributed by atoms with E-state index in [0.717, 1.165) is 64.3 Å². The third-order valence-electron chi connectivity index (χ3n) is 8.80. The van der Waals surface area contributed by atoms with Crippen LogP contribution in [0, 0.1) is 0 Å². The van der Waals surface area contributed by atoms with Gasteiger partial charge in [0.2, 0.25) is 0 Å². The van der Waals surface area contributed by atoms with E-state index in [1.54, 1.807) is 6.07 Å². The lowest BCUT2D eigenvalue weighted by Crippen LogP contribution is -2.43. The van der Waals surface area contributed by atoms with Crippen LogP contribution in [0.3, 0.4) is 0 Å². The standard InChI is InChI=1S/C36H29N3O2/c1-36-19-9-21-38(36)32-24-33-30(22-31(32)37-20-8-14-34(36)37)29(23-35(40)41-33)25-15-17-28(18-16-25)39(26-10-4-2-5-11-26)27-12-6-3-7-13-27/h2-8,10-18,20,22-24H,9,19,21H2,1H3. The van der Waals surface area contributed by atoms with Crippen molar-refractivity contribution in [3.05, 3.63) is 138 Å². The van der Waals surface area contributed by atoms with Crippen LogP contribution < -0.4 is 15.4 Å². The number of hydrogen-bond donors (Lipinski definition) is 0. The highest BCUT2D eigenvalue weighted by molar-refractivity contribution is 5.98. The Morgan fingerprint density at radius 2 is 1.44 bits per heavy atom. The van der Waals surface area contributed by atoms with Gasteiger partial charge in [0.05, 0.1) is 16.9 Å². The van der Waals surface area contributed by atoms with Crippen LogP contribution in [0.4, 0.5) is 22.7 Å². The number of rotatable bonds is 4. The van der Waals surface area contributed by atoms with Crippen LogP contribution in [0.1, 0.15) is 25.5 Å². The summed E-state index contributed by atoms with van der Waals surface area (Å²) in [5, 5.41) is 0.932. The van der Waals surface area contributed by atoms with E-state index in [1.165, 1.54) is 5.69 Å². The van der Waals surface area contributed by atoms with Gasteiger partial charge in [-0.05, 0) is 85.5 Å². The van der Waals surface area contributed by atoms with Crippen molar-refractivity contribution in [3.63, 3.8) is 0 Å². The third-order valence-corrected chi connectivity index (χ3v) is 8.80. The maximum Gasteiger partial charge on any atom is 0.336 e. The second-order valence-electron chi connectivity index (χ2n) is 11.2. The highest BCUT2D eigenvalue weighted by Crippen LogP contribution is 2.50. The maximum atomic E-state index is 12.8. The lowest BCUT2D eigenvalue weighted by Gasteiger charge is -2.43. The number of nitrogens with zero attached hydrogens (tertiary/aromatic N) is 3. The lowest BCUT2D eigenvalue weighted by atomic mass is 9.91. The molecule has 1 saturated heterocycles. The second-order valence-corrected chi connectivity index (χ2v) is 11.2. The summed E-state index contributed by atoms with van der Waals surface area (Å²) in [6.07, 6.45) is 4.39. The summed E-state index contributed by atoms with van der Waals surface area (Å²) in [5.41, 5.74) is 8.85. The average molecular weight is 536 g/mol. The van der Waals surface area contributed by atoms with Gasteiger partial charge in [0.15, 0.2) is 0 Å². The fourth-order valence-corrected chi connectivity index (χ4v) is 6.87. The molecule has 1 atom stereocenters. The molecule has 2 aliphatic heterocycles. The summed E-state index contributed by atoms with van der Waals surface area (Å²) >= 11 is 0. The van der Waals surface area contributed by atoms with E-state index >= 15 is 0 Å². The van der Waals surface area contributed by atoms with Crippen molar-refractivity contribution in [2.24, 2.45) is 0 Å². The highest BCUT2D eigenvalue weighted by Gasteiger charge is 2.44. The quantitative estimate of drug-likeness (QED) is 0.212. The molecule has 8 rings (SSSR count). The molecule has 0 N–H and O–H groups in total. The molecule has 2 aliphatic rings. The molecular weight excluding hydrogens is 506 g/mol. The number of anilines is 4. The Kier molecular flexibility index (Phi) is 5.23. The van der Waals surface area contributed by atoms with Crippen LogP contribution in [-0.2, 0) is 5.54 Å². The van der Waals surface area contributed by atoms with Crippen LogP contribution in [0.25, 0.3) is 27.8 Å². The molecule has 0 radical (unpaired) electrons. The molecule has 200 valence electrons. The molecule has 5 heteroatoms. The highest BCUT2D eigenvalue weighted by atomic mass is 16.4. The molecule has 2 aromatic heterocycles. The Morgan fingerprint density at radius 1 is 0.756 bits per heavy atom. The number of fused-ring (bicyclic) bond motifs is 7. The number of para-hydroxylation sites is 2. The molecule has 0 spiro atoms. The molecule has 1 unspecified atom stereocenters.